The average Bonchev–Trinajstić information content (AvgIpc) is 2.26. The van der Waals surface area contributed by atoms with E-state index in [1.165, 1.54) is 0 Å². The molecule has 0 amide bonds. The molecule has 0 aliphatic carbocycles. The van der Waals surface area contributed by atoms with Crippen LogP contribution in [0.1, 0.15) is 19.8 Å². The molecule has 2 nitrogen and oxygen atoms in total. The summed E-state index contributed by atoms with van der Waals surface area (Å²) >= 11 is 0. The third-order valence-corrected chi connectivity index (χ3v) is 3.82. The van der Waals surface area contributed by atoms with Crippen molar-refractivity contribution in [3.05, 3.63) is 42.5 Å². The van der Waals surface area contributed by atoms with Crippen molar-refractivity contribution in [2.75, 3.05) is 5.75 Å². The molecule has 0 saturated heterocycles. The van der Waals surface area contributed by atoms with Gasteiger partial charge in [-0.05, 0) is 25.0 Å². The van der Waals surface area contributed by atoms with Gasteiger partial charge in [0.05, 0.1) is 10.6 Å². The van der Waals surface area contributed by atoms with Crippen molar-refractivity contribution in [3.63, 3.8) is 0 Å². The van der Waals surface area contributed by atoms with Crippen LogP contribution in [0.15, 0.2) is 47.4 Å². The van der Waals surface area contributed by atoms with Crippen LogP contribution in [0.2, 0.25) is 0 Å². The van der Waals surface area contributed by atoms with Crippen LogP contribution in [0.25, 0.3) is 0 Å². The van der Waals surface area contributed by atoms with Crippen LogP contribution >= 0.6 is 0 Å². The normalized spacial score (nSPS) is 12.1. The van der Waals surface area contributed by atoms with E-state index >= 15 is 0 Å². The molecule has 0 heterocycles. The van der Waals surface area contributed by atoms with Crippen molar-refractivity contribution < 1.29 is 8.42 Å². The topological polar surface area (TPSA) is 34.1 Å². The van der Waals surface area contributed by atoms with Crippen molar-refractivity contribution in [3.8, 4) is 0 Å². The van der Waals surface area contributed by atoms with Crippen LogP contribution in [0.5, 0.6) is 0 Å². The van der Waals surface area contributed by atoms with Crippen molar-refractivity contribution in [2.45, 2.75) is 24.7 Å². The van der Waals surface area contributed by atoms with Crippen LogP contribution in [-0.2, 0) is 9.84 Å². The first-order valence-electron chi connectivity index (χ1n) is 5.09. The summed E-state index contributed by atoms with van der Waals surface area (Å²) in [4.78, 5) is 0.412. The van der Waals surface area contributed by atoms with E-state index in [9.17, 15) is 8.42 Å². The predicted molar refractivity (Wildman–Crippen MR) is 62.5 cm³/mol. The first-order chi connectivity index (χ1) is 7.17. The van der Waals surface area contributed by atoms with Gasteiger partial charge < -0.3 is 0 Å². The molecule has 3 heteroatoms. The van der Waals surface area contributed by atoms with Gasteiger partial charge in [-0.2, -0.15) is 0 Å². The summed E-state index contributed by atoms with van der Waals surface area (Å²) in [6.45, 7) is 2.03. The number of sulfone groups is 1. The van der Waals surface area contributed by atoms with Gasteiger partial charge in [0.25, 0.3) is 0 Å². The number of allylic oxidation sites excluding steroid dienone is 2. The molecule has 0 aromatic heterocycles. The molecule has 0 unspecified atom stereocenters. The van der Waals surface area contributed by atoms with Gasteiger partial charge in [0.1, 0.15) is 0 Å². The van der Waals surface area contributed by atoms with Crippen LogP contribution < -0.4 is 0 Å². The monoisotopic (exact) mass is 224 g/mol. The van der Waals surface area contributed by atoms with Crippen LogP contribution in [0, 0.1) is 0 Å². The lowest BCUT2D eigenvalue weighted by atomic mass is 10.3. The Morgan fingerprint density at radius 2 is 1.80 bits per heavy atom. The zero-order valence-corrected chi connectivity index (χ0v) is 9.70. The van der Waals surface area contributed by atoms with E-state index in [1.807, 2.05) is 25.1 Å². The minimum atomic E-state index is -3.09. The van der Waals surface area contributed by atoms with E-state index in [-0.39, 0.29) is 5.75 Å². The summed E-state index contributed by atoms with van der Waals surface area (Å²) in [6, 6.07) is 8.58. The lowest BCUT2D eigenvalue weighted by Crippen LogP contribution is -2.05. The second kappa shape index (κ2) is 5.71. The molecule has 1 aromatic rings. The van der Waals surface area contributed by atoms with Crippen molar-refractivity contribution >= 4 is 9.84 Å². The molecule has 0 saturated carbocycles. The van der Waals surface area contributed by atoms with Gasteiger partial charge >= 0.3 is 0 Å². The fourth-order valence-corrected chi connectivity index (χ4v) is 2.51. The summed E-state index contributed by atoms with van der Waals surface area (Å²) in [6.07, 6.45) is 5.44. The largest absolute Gasteiger partial charge is 0.224 e. The van der Waals surface area contributed by atoms with Crippen molar-refractivity contribution in [2.24, 2.45) is 0 Å². The Labute approximate surface area is 91.6 Å². The van der Waals surface area contributed by atoms with E-state index in [0.29, 0.717) is 11.3 Å². The quantitative estimate of drug-likeness (QED) is 0.721. The van der Waals surface area contributed by atoms with Gasteiger partial charge in [-0.1, -0.05) is 37.3 Å². The molecular formula is C12H16O2S. The number of benzene rings is 1. The molecular weight excluding hydrogens is 208 g/mol. The van der Waals surface area contributed by atoms with Gasteiger partial charge in [-0.15, -0.1) is 0 Å². The van der Waals surface area contributed by atoms with Crippen molar-refractivity contribution in [1.82, 2.24) is 0 Å². The first-order valence-corrected chi connectivity index (χ1v) is 6.75. The minimum Gasteiger partial charge on any atom is -0.224 e. The van der Waals surface area contributed by atoms with Crippen LogP contribution in [0.3, 0.4) is 0 Å². The lowest BCUT2D eigenvalue weighted by molar-refractivity contribution is 0.595. The number of hydrogen-bond acceptors (Lipinski definition) is 2. The molecule has 1 aromatic carbocycles. The summed E-state index contributed by atoms with van der Waals surface area (Å²) in [5.41, 5.74) is 0. The second-order valence-corrected chi connectivity index (χ2v) is 5.41. The van der Waals surface area contributed by atoms with E-state index in [4.69, 9.17) is 0 Å². The summed E-state index contributed by atoms with van der Waals surface area (Å²) in [5.74, 6) is 0.188. The third-order valence-electron chi connectivity index (χ3n) is 2.06. The third kappa shape index (κ3) is 3.88. The molecule has 0 aliphatic rings. The molecule has 0 fully saturated rings. The zero-order chi connectivity index (χ0) is 11.1. The van der Waals surface area contributed by atoms with Gasteiger partial charge in [-0.25, -0.2) is 8.42 Å². The molecule has 1 rings (SSSR count). The SMILES string of the molecule is CC/C=C\CCS(=O)(=O)c1ccccc1. The molecule has 0 spiro atoms. The fraction of sp³-hybridized carbons (Fsp3) is 0.333. The van der Waals surface area contributed by atoms with E-state index in [2.05, 4.69) is 0 Å². The second-order valence-electron chi connectivity index (χ2n) is 3.30. The van der Waals surface area contributed by atoms with Crippen molar-refractivity contribution in [1.29, 1.82) is 0 Å². The van der Waals surface area contributed by atoms with E-state index in [1.54, 1.807) is 24.3 Å². The average molecular weight is 224 g/mol. The fourth-order valence-electron chi connectivity index (χ4n) is 1.25. The highest BCUT2D eigenvalue weighted by atomic mass is 32.2. The Hall–Kier alpha value is -1.09. The van der Waals surface area contributed by atoms with Crippen LogP contribution in [0.4, 0.5) is 0 Å². The Morgan fingerprint density at radius 3 is 2.40 bits per heavy atom. The highest BCUT2D eigenvalue weighted by molar-refractivity contribution is 7.91. The summed E-state index contributed by atoms with van der Waals surface area (Å²) < 4.78 is 23.5. The highest BCUT2D eigenvalue weighted by Gasteiger charge is 2.11. The maximum absolute atomic E-state index is 11.8. The van der Waals surface area contributed by atoms with Gasteiger partial charge in [-0.3, -0.25) is 0 Å². The standard InChI is InChI=1S/C12H16O2S/c1-2-3-4-8-11-15(13,14)12-9-6-5-7-10-12/h3-7,9-10H,2,8,11H2,1H3/b4-3-. The van der Waals surface area contributed by atoms with Gasteiger partial charge in [0, 0.05) is 0 Å². The highest BCUT2D eigenvalue weighted by Crippen LogP contribution is 2.11. The minimum absolute atomic E-state index is 0.188. The Morgan fingerprint density at radius 1 is 1.13 bits per heavy atom. The van der Waals surface area contributed by atoms with Crippen LogP contribution in [-0.4, -0.2) is 14.2 Å². The summed E-state index contributed by atoms with van der Waals surface area (Å²) in [5, 5.41) is 0. The van der Waals surface area contributed by atoms with E-state index in [0.717, 1.165) is 6.42 Å². The Balaban J connectivity index is 2.65. The molecule has 0 N–H and O–H groups in total. The zero-order valence-electron chi connectivity index (χ0n) is 8.89. The maximum Gasteiger partial charge on any atom is 0.178 e. The number of rotatable bonds is 5. The van der Waals surface area contributed by atoms with Gasteiger partial charge in [0.15, 0.2) is 9.84 Å². The molecule has 0 bridgehead atoms. The molecule has 15 heavy (non-hydrogen) atoms. The lowest BCUT2D eigenvalue weighted by Gasteiger charge is -2.01. The maximum atomic E-state index is 11.8. The molecule has 0 aliphatic heterocycles. The molecule has 0 radical (unpaired) electrons. The smallest absolute Gasteiger partial charge is 0.178 e. The Kier molecular flexibility index (Phi) is 4.56. The molecule has 0 atom stereocenters. The predicted octanol–water partition coefficient (Wildman–Crippen LogP) is 2.82. The number of hydrogen-bond donors (Lipinski definition) is 0. The Bertz CT molecular complexity index is 405. The molecule has 82 valence electrons. The van der Waals surface area contributed by atoms with E-state index < -0.39 is 9.84 Å². The van der Waals surface area contributed by atoms with Gasteiger partial charge in [0.2, 0.25) is 0 Å². The summed E-state index contributed by atoms with van der Waals surface area (Å²) in [7, 11) is -3.09. The first kappa shape index (κ1) is 12.0.